The molecule has 0 saturated carbocycles. The van der Waals surface area contributed by atoms with E-state index in [-0.39, 0.29) is 18.9 Å². The zero-order chi connectivity index (χ0) is 12.9. The van der Waals surface area contributed by atoms with Crippen molar-refractivity contribution in [3.05, 3.63) is 29.8 Å². The number of benzene rings is 1. The van der Waals surface area contributed by atoms with Crippen LogP contribution in [0.2, 0.25) is 0 Å². The monoisotopic (exact) mass is 257 g/mol. The van der Waals surface area contributed by atoms with Gasteiger partial charge in [-0.15, -0.1) is 0 Å². The fraction of sp³-hybridized carbons (Fsp3) is 0.300. The molecule has 0 unspecified atom stereocenters. The predicted molar refractivity (Wildman–Crippen MR) is 66.0 cm³/mol. The summed E-state index contributed by atoms with van der Waals surface area (Å²) in [4.78, 5) is 11.1. The molecule has 0 radical (unpaired) electrons. The lowest BCUT2D eigenvalue weighted by Crippen LogP contribution is -2.33. The van der Waals surface area contributed by atoms with Crippen molar-refractivity contribution in [1.29, 1.82) is 0 Å². The quantitative estimate of drug-likeness (QED) is 0.629. The van der Waals surface area contributed by atoms with Gasteiger partial charge in [0.25, 0.3) is 10.2 Å². The van der Waals surface area contributed by atoms with Crippen molar-refractivity contribution in [1.82, 2.24) is 4.72 Å². The van der Waals surface area contributed by atoms with E-state index < -0.39 is 10.2 Å². The average Bonchev–Trinajstić information content (AvgIpc) is 2.26. The van der Waals surface area contributed by atoms with Gasteiger partial charge in [-0.25, -0.2) is 0 Å². The summed E-state index contributed by atoms with van der Waals surface area (Å²) in [5, 5.41) is 0. The van der Waals surface area contributed by atoms with Crippen molar-refractivity contribution in [2.45, 2.75) is 6.92 Å². The molecule has 0 heterocycles. The van der Waals surface area contributed by atoms with E-state index in [1.807, 2.05) is 0 Å². The van der Waals surface area contributed by atoms with E-state index in [2.05, 4.69) is 9.44 Å². The maximum Gasteiger partial charge on any atom is 0.299 e. The molecule has 6 nitrogen and oxygen atoms in total. The van der Waals surface area contributed by atoms with Crippen LogP contribution in [0.4, 0.5) is 5.69 Å². The van der Waals surface area contributed by atoms with Gasteiger partial charge >= 0.3 is 0 Å². The molecule has 0 amide bonds. The molecule has 0 fully saturated rings. The predicted octanol–water partition coefficient (Wildman–Crippen LogP) is 0.0942. The average molecular weight is 257 g/mol. The van der Waals surface area contributed by atoms with Crippen LogP contribution in [-0.2, 0) is 10.2 Å². The molecule has 0 atom stereocenters. The van der Waals surface area contributed by atoms with Gasteiger partial charge in [0.05, 0.1) is 5.69 Å². The number of carbonyl (C=O) groups excluding carboxylic acids is 1. The third kappa shape index (κ3) is 4.51. The highest BCUT2D eigenvalue weighted by atomic mass is 32.2. The van der Waals surface area contributed by atoms with Crippen molar-refractivity contribution >= 4 is 21.7 Å². The molecule has 0 aliphatic heterocycles. The summed E-state index contributed by atoms with van der Waals surface area (Å²) < 4.78 is 27.5. The number of Topliss-reactive ketones (excluding diaryl/α,β-unsaturated/α-hetero) is 1. The minimum absolute atomic E-state index is 0.124. The molecule has 0 aromatic heterocycles. The third-order valence-electron chi connectivity index (χ3n) is 1.96. The van der Waals surface area contributed by atoms with Gasteiger partial charge in [-0.2, -0.15) is 13.1 Å². The van der Waals surface area contributed by atoms with Crippen molar-refractivity contribution in [2.75, 3.05) is 17.8 Å². The first-order valence-electron chi connectivity index (χ1n) is 5.03. The second-order valence-electron chi connectivity index (χ2n) is 3.43. The van der Waals surface area contributed by atoms with Gasteiger partial charge in [-0.3, -0.25) is 9.52 Å². The molecule has 17 heavy (non-hydrogen) atoms. The normalized spacial score (nSPS) is 11.2. The van der Waals surface area contributed by atoms with Gasteiger partial charge in [0.1, 0.15) is 0 Å². The van der Waals surface area contributed by atoms with Crippen molar-refractivity contribution < 1.29 is 13.2 Å². The molecule has 1 aromatic rings. The Hall–Kier alpha value is -1.44. The van der Waals surface area contributed by atoms with E-state index in [4.69, 9.17) is 5.73 Å². The molecule has 0 bridgehead atoms. The van der Waals surface area contributed by atoms with Crippen molar-refractivity contribution in [3.8, 4) is 0 Å². The minimum atomic E-state index is -3.63. The first-order valence-corrected chi connectivity index (χ1v) is 6.51. The van der Waals surface area contributed by atoms with Gasteiger partial charge in [-0.1, -0.05) is 12.1 Å². The van der Waals surface area contributed by atoms with Gasteiger partial charge in [0.15, 0.2) is 5.78 Å². The molecule has 0 spiro atoms. The summed E-state index contributed by atoms with van der Waals surface area (Å²) in [5.74, 6) is -0.124. The molecule has 1 aromatic carbocycles. The highest BCUT2D eigenvalue weighted by Crippen LogP contribution is 2.12. The van der Waals surface area contributed by atoms with Crippen LogP contribution in [0.5, 0.6) is 0 Å². The highest BCUT2D eigenvalue weighted by molar-refractivity contribution is 7.90. The zero-order valence-electron chi connectivity index (χ0n) is 9.43. The van der Waals surface area contributed by atoms with E-state index in [9.17, 15) is 13.2 Å². The zero-order valence-corrected chi connectivity index (χ0v) is 10.3. The van der Waals surface area contributed by atoms with Crippen LogP contribution < -0.4 is 15.2 Å². The van der Waals surface area contributed by atoms with Crippen LogP contribution in [0.25, 0.3) is 0 Å². The maximum absolute atomic E-state index is 11.5. The molecular formula is C10H15N3O3S. The molecular weight excluding hydrogens is 242 g/mol. The standard InChI is InChI=1S/C10H15N3O3S/c1-8(14)9-3-2-4-10(7-9)13-17(15,16)12-6-5-11/h2-4,7,12-13H,5-6,11H2,1H3. The third-order valence-corrected chi connectivity index (χ3v) is 3.05. The fourth-order valence-corrected chi connectivity index (χ4v) is 2.08. The van der Waals surface area contributed by atoms with E-state index in [1.54, 1.807) is 18.2 Å². The number of carbonyl (C=O) groups is 1. The Bertz CT molecular complexity index is 499. The lowest BCUT2D eigenvalue weighted by atomic mass is 10.1. The van der Waals surface area contributed by atoms with Crippen LogP contribution in [0.3, 0.4) is 0 Å². The van der Waals surface area contributed by atoms with Crippen LogP contribution in [0, 0.1) is 0 Å². The second kappa shape index (κ2) is 5.76. The number of rotatable bonds is 6. The number of anilines is 1. The van der Waals surface area contributed by atoms with Crippen LogP contribution >= 0.6 is 0 Å². The summed E-state index contributed by atoms with van der Waals surface area (Å²) in [6.07, 6.45) is 0. The smallest absolute Gasteiger partial charge is 0.299 e. The maximum atomic E-state index is 11.5. The molecule has 0 aliphatic carbocycles. The van der Waals surface area contributed by atoms with Crippen LogP contribution in [-0.4, -0.2) is 27.3 Å². The molecule has 1 rings (SSSR count). The lowest BCUT2D eigenvalue weighted by Gasteiger charge is -2.09. The molecule has 0 saturated heterocycles. The SMILES string of the molecule is CC(=O)c1cccc(NS(=O)(=O)NCCN)c1. The molecule has 4 N–H and O–H groups in total. The van der Waals surface area contributed by atoms with Gasteiger partial charge in [-0.05, 0) is 19.1 Å². The Morgan fingerprint density at radius 2 is 2.12 bits per heavy atom. The highest BCUT2D eigenvalue weighted by Gasteiger charge is 2.09. The van der Waals surface area contributed by atoms with E-state index in [0.717, 1.165) is 0 Å². The summed E-state index contributed by atoms with van der Waals surface area (Å²) in [7, 11) is -3.63. The second-order valence-corrected chi connectivity index (χ2v) is 4.93. The molecule has 7 heteroatoms. The fourth-order valence-electron chi connectivity index (χ4n) is 1.19. The summed E-state index contributed by atoms with van der Waals surface area (Å²) in [6.45, 7) is 1.79. The first kappa shape index (κ1) is 13.6. The Morgan fingerprint density at radius 3 is 2.71 bits per heavy atom. The Labute approximate surface area is 100 Å². The number of hydrogen-bond acceptors (Lipinski definition) is 4. The van der Waals surface area contributed by atoms with Gasteiger partial charge < -0.3 is 5.73 Å². The van der Waals surface area contributed by atoms with Crippen molar-refractivity contribution in [3.63, 3.8) is 0 Å². The Kier molecular flexibility index (Phi) is 4.62. The van der Waals surface area contributed by atoms with E-state index >= 15 is 0 Å². The minimum Gasteiger partial charge on any atom is -0.329 e. The number of hydrogen-bond donors (Lipinski definition) is 3. The number of nitrogens with two attached hydrogens (primary N) is 1. The number of ketones is 1. The topological polar surface area (TPSA) is 101 Å². The number of nitrogens with one attached hydrogen (secondary N) is 2. The van der Waals surface area contributed by atoms with Gasteiger partial charge in [0.2, 0.25) is 0 Å². The van der Waals surface area contributed by atoms with Crippen LogP contribution in [0.15, 0.2) is 24.3 Å². The largest absolute Gasteiger partial charge is 0.329 e. The Morgan fingerprint density at radius 1 is 1.41 bits per heavy atom. The van der Waals surface area contributed by atoms with Crippen molar-refractivity contribution in [2.24, 2.45) is 5.73 Å². The molecule has 94 valence electrons. The lowest BCUT2D eigenvalue weighted by molar-refractivity contribution is 0.101. The van der Waals surface area contributed by atoms with Gasteiger partial charge in [0, 0.05) is 18.7 Å². The molecule has 0 aliphatic rings. The van der Waals surface area contributed by atoms with Crippen LogP contribution in [0.1, 0.15) is 17.3 Å². The van der Waals surface area contributed by atoms with E-state index in [0.29, 0.717) is 11.3 Å². The van der Waals surface area contributed by atoms with E-state index in [1.165, 1.54) is 13.0 Å². The summed E-state index contributed by atoms with van der Waals surface area (Å²) in [5.41, 5.74) is 5.98. The summed E-state index contributed by atoms with van der Waals surface area (Å²) in [6, 6.07) is 6.27. The summed E-state index contributed by atoms with van der Waals surface area (Å²) >= 11 is 0. The Balaban J connectivity index is 2.81. The first-order chi connectivity index (χ1) is 7.94.